The van der Waals surface area contributed by atoms with E-state index in [1.165, 1.54) is 0 Å². The number of carboxylic acids is 1. The molecule has 0 bridgehead atoms. The number of nitrogens with zero attached hydrogens (tertiary/aromatic N) is 1. The normalized spacial score (nSPS) is 11.9. The molecule has 0 fully saturated rings. The highest BCUT2D eigenvalue weighted by Crippen LogP contribution is 2.05. The molecule has 0 aliphatic heterocycles. The first-order chi connectivity index (χ1) is 8.00. The number of aromatic nitrogens is 1. The lowest BCUT2D eigenvalue weighted by atomic mass is 10.1. The molecule has 0 radical (unpaired) electrons. The Hall–Kier alpha value is -1.62. The smallest absolute Gasteiger partial charge is 0.306 e. The molecule has 1 heterocycles. The number of halogens is 1. The molecule has 6 heteroatoms. The molecule has 5 nitrogen and oxygen atoms in total. The standard InChI is InChI=1S/C11H13ClN2O3/c1-7(11(16)17)5-6-13-10(15)8-3-2-4-9(12)14-8/h2-4,7H,5-6H2,1H3,(H,13,15)(H,16,17). The first-order valence-corrected chi connectivity index (χ1v) is 5.52. The molecule has 1 aromatic rings. The second-order valence-corrected chi connectivity index (χ2v) is 4.02. The Bertz CT molecular complexity index is 423. The van der Waals surface area contributed by atoms with Gasteiger partial charge < -0.3 is 10.4 Å². The number of pyridine rings is 1. The molecule has 0 saturated carbocycles. The van der Waals surface area contributed by atoms with Crippen molar-refractivity contribution in [2.45, 2.75) is 13.3 Å². The number of carboxylic acid groups (broad SMARTS) is 1. The Morgan fingerprint density at radius 2 is 2.24 bits per heavy atom. The SMILES string of the molecule is CC(CCNC(=O)c1cccc(Cl)n1)C(=O)O. The first kappa shape index (κ1) is 13.4. The van der Waals surface area contributed by atoms with Gasteiger partial charge in [-0.1, -0.05) is 24.6 Å². The molecule has 0 aromatic carbocycles. The Balaban J connectivity index is 2.43. The summed E-state index contributed by atoms with van der Waals surface area (Å²) in [6.45, 7) is 1.88. The van der Waals surface area contributed by atoms with Gasteiger partial charge in [-0.05, 0) is 18.6 Å². The van der Waals surface area contributed by atoms with Crippen molar-refractivity contribution in [1.29, 1.82) is 0 Å². The fourth-order valence-corrected chi connectivity index (χ4v) is 1.31. The summed E-state index contributed by atoms with van der Waals surface area (Å²) in [5.74, 6) is -1.71. The lowest BCUT2D eigenvalue weighted by Crippen LogP contribution is -2.27. The second-order valence-electron chi connectivity index (χ2n) is 3.63. The van der Waals surface area contributed by atoms with Gasteiger partial charge in [0.05, 0.1) is 5.92 Å². The van der Waals surface area contributed by atoms with Crippen molar-refractivity contribution in [2.75, 3.05) is 6.54 Å². The summed E-state index contributed by atoms with van der Waals surface area (Å²) in [5.41, 5.74) is 0.223. The van der Waals surface area contributed by atoms with Crippen LogP contribution in [0.2, 0.25) is 5.15 Å². The Morgan fingerprint density at radius 1 is 1.53 bits per heavy atom. The molecule has 92 valence electrons. The van der Waals surface area contributed by atoms with E-state index < -0.39 is 11.9 Å². The molecule has 1 atom stereocenters. The third kappa shape index (κ3) is 4.40. The van der Waals surface area contributed by atoms with Crippen molar-refractivity contribution in [1.82, 2.24) is 10.3 Å². The van der Waals surface area contributed by atoms with Crippen LogP contribution in [0.5, 0.6) is 0 Å². The quantitative estimate of drug-likeness (QED) is 0.784. The second kappa shape index (κ2) is 6.20. The van der Waals surface area contributed by atoms with Gasteiger partial charge in [0, 0.05) is 6.54 Å². The summed E-state index contributed by atoms with van der Waals surface area (Å²) < 4.78 is 0. The molecule has 0 spiro atoms. The topological polar surface area (TPSA) is 79.3 Å². The van der Waals surface area contributed by atoms with Gasteiger partial charge in [0.15, 0.2) is 0 Å². The average Bonchev–Trinajstić information content (AvgIpc) is 2.28. The molecule has 0 aliphatic rings. The number of hydrogen-bond acceptors (Lipinski definition) is 3. The van der Waals surface area contributed by atoms with Gasteiger partial charge in [0.2, 0.25) is 0 Å². The zero-order valence-corrected chi connectivity index (χ0v) is 10.1. The average molecular weight is 257 g/mol. The van der Waals surface area contributed by atoms with Crippen LogP contribution in [-0.4, -0.2) is 28.5 Å². The fraction of sp³-hybridized carbons (Fsp3) is 0.364. The number of carbonyl (C=O) groups is 2. The van der Waals surface area contributed by atoms with Gasteiger partial charge in [-0.15, -0.1) is 0 Å². The molecule has 1 aromatic heterocycles. The maximum absolute atomic E-state index is 11.6. The van der Waals surface area contributed by atoms with Crippen LogP contribution in [0, 0.1) is 5.92 Å². The van der Waals surface area contributed by atoms with Gasteiger partial charge in [-0.25, -0.2) is 4.98 Å². The van der Waals surface area contributed by atoms with Crippen LogP contribution in [0.15, 0.2) is 18.2 Å². The van der Waals surface area contributed by atoms with Gasteiger partial charge in [0.25, 0.3) is 5.91 Å². The Morgan fingerprint density at radius 3 is 2.82 bits per heavy atom. The number of rotatable bonds is 5. The summed E-state index contributed by atoms with van der Waals surface area (Å²) in [7, 11) is 0. The van der Waals surface area contributed by atoms with Crippen molar-refractivity contribution in [3.8, 4) is 0 Å². The molecule has 17 heavy (non-hydrogen) atoms. The minimum absolute atomic E-state index is 0.223. The fourth-order valence-electron chi connectivity index (χ4n) is 1.15. The van der Waals surface area contributed by atoms with E-state index in [9.17, 15) is 9.59 Å². The van der Waals surface area contributed by atoms with Crippen LogP contribution < -0.4 is 5.32 Å². The van der Waals surface area contributed by atoms with E-state index in [0.29, 0.717) is 13.0 Å². The number of carbonyl (C=O) groups excluding carboxylic acids is 1. The highest BCUT2D eigenvalue weighted by Gasteiger charge is 2.12. The molecule has 2 N–H and O–H groups in total. The van der Waals surface area contributed by atoms with E-state index in [2.05, 4.69) is 10.3 Å². The lowest BCUT2D eigenvalue weighted by Gasteiger charge is -2.07. The summed E-state index contributed by atoms with van der Waals surface area (Å²) in [4.78, 5) is 26.0. The lowest BCUT2D eigenvalue weighted by molar-refractivity contribution is -0.141. The highest BCUT2D eigenvalue weighted by atomic mass is 35.5. The van der Waals surface area contributed by atoms with Crippen molar-refractivity contribution in [3.05, 3.63) is 29.0 Å². The maximum atomic E-state index is 11.6. The predicted molar refractivity (Wildman–Crippen MR) is 63.0 cm³/mol. The molecule has 0 aliphatic carbocycles. The van der Waals surface area contributed by atoms with Crippen LogP contribution in [0.4, 0.5) is 0 Å². The van der Waals surface area contributed by atoms with E-state index >= 15 is 0 Å². The summed E-state index contributed by atoms with van der Waals surface area (Å²) in [6, 6.07) is 4.75. The van der Waals surface area contributed by atoms with E-state index in [4.69, 9.17) is 16.7 Å². The zero-order chi connectivity index (χ0) is 12.8. The van der Waals surface area contributed by atoms with E-state index in [0.717, 1.165) is 0 Å². The van der Waals surface area contributed by atoms with Crippen molar-refractivity contribution in [3.63, 3.8) is 0 Å². The van der Waals surface area contributed by atoms with Crippen LogP contribution in [0.1, 0.15) is 23.8 Å². The third-order valence-corrected chi connectivity index (χ3v) is 2.44. The highest BCUT2D eigenvalue weighted by molar-refractivity contribution is 6.29. The van der Waals surface area contributed by atoms with Crippen molar-refractivity contribution in [2.24, 2.45) is 5.92 Å². The van der Waals surface area contributed by atoms with Crippen LogP contribution in [0.25, 0.3) is 0 Å². The number of hydrogen-bond donors (Lipinski definition) is 2. The van der Waals surface area contributed by atoms with E-state index in [1.807, 2.05) is 0 Å². The largest absolute Gasteiger partial charge is 0.481 e. The van der Waals surface area contributed by atoms with Gasteiger partial charge in [-0.2, -0.15) is 0 Å². The summed E-state index contributed by atoms with van der Waals surface area (Å²) >= 11 is 5.65. The van der Waals surface area contributed by atoms with Gasteiger partial charge in [-0.3, -0.25) is 9.59 Å². The molecule has 1 amide bonds. The Kier molecular flexibility index (Phi) is 4.90. The molecule has 1 rings (SSSR count). The first-order valence-electron chi connectivity index (χ1n) is 5.14. The summed E-state index contributed by atoms with van der Waals surface area (Å²) in [6.07, 6.45) is 0.377. The number of nitrogens with one attached hydrogen (secondary N) is 1. The van der Waals surface area contributed by atoms with Crippen LogP contribution >= 0.6 is 11.6 Å². The maximum Gasteiger partial charge on any atom is 0.306 e. The van der Waals surface area contributed by atoms with Crippen LogP contribution in [0.3, 0.4) is 0 Å². The third-order valence-electron chi connectivity index (χ3n) is 2.23. The predicted octanol–water partition coefficient (Wildman–Crippen LogP) is 1.58. The number of amides is 1. The molecular formula is C11H13ClN2O3. The minimum atomic E-state index is -0.875. The van der Waals surface area contributed by atoms with E-state index in [-0.39, 0.29) is 16.8 Å². The molecular weight excluding hydrogens is 244 g/mol. The Labute approximate surface area is 104 Å². The van der Waals surface area contributed by atoms with Gasteiger partial charge >= 0.3 is 5.97 Å². The van der Waals surface area contributed by atoms with Crippen molar-refractivity contribution < 1.29 is 14.7 Å². The molecule has 0 saturated heterocycles. The van der Waals surface area contributed by atoms with Crippen LogP contribution in [-0.2, 0) is 4.79 Å². The zero-order valence-electron chi connectivity index (χ0n) is 9.31. The molecule has 1 unspecified atom stereocenters. The minimum Gasteiger partial charge on any atom is -0.481 e. The van der Waals surface area contributed by atoms with E-state index in [1.54, 1.807) is 25.1 Å². The van der Waals surface area contributed by atoms with Crippen molar-refractivity contribution >= 4 is 23.5 Å². The summed E-state index contributed by atoms with van der Waals surface area (Å²) in [5, 5.41) is 11.5. The van der Waals surface area contributed by atoms with Gasteiger partial charge in [0.1, 0.15) is 10.8 Å². The monoisotopic (exact) mass is 256 g/mol. The number of aliphatic carboxylic acids is 1.